The molecule has 1 unspecified atom stereocenters. The van der Waals surface area contributed by atoms with Crippen molar-refractivity contribution in [2.75, 3.05) is 11.9 Å². The van der Waals surface area contributed by atoms with Crippen molar-refractivity contribution in [2.24, 2.45) is 23.2 Å². The molecule has 4 aliphatic carbocycles. The van der Waals surface area contributed by atoms with Crippen molar-refractivity contribution in [1.82, 2.24) is 5.32 Å². The molecule has 2 N–H and O–H groups in total. The van der Waals surface area contributed by atoms with E-state index in [0.717, 1.165) is 19.3 Å². The molecule has 4 bridgehead atoms. The van der Waals surface area contributed by atoms with E-state index in [1.165, 1.54) is 26.2 Å². The molecule has 0 radical (unpaired) electrons. The highest BCUT2D eigenvalue weighted by Crippen LogP contribution is 2.60. The third-order valence-electron chi connectivity index (χ3n) is 7.12. The number of hydrogen-bond donors (Lipinski definition) is 2. The van der Waals surface area contributed by atoms with E-state index in [2.05, 4.69) is 10.6 Å². The summed E-state index contributed by atoms with van der Waals surface area (Å²) in [6, 6.07) is 8.63. The van der Waals surface area contributed by atoms with E-state index in [1.807, 2.05) is 6.07 Å². The minimum atomic E-state index is -1.00. The van der Waals surface area contributed by atoms with E-state index in [0.29, 0.717) is 29.0 Å². The van der Waals surface area contributed by atoms with Crippen molar-refractivity contribution in [3.05, 3.63) is 29.8 Å². The lowest BCUT2D eigenvalue weighted by Gasteiger charge is -2.55. The molecule has 2 amide bonds. The lowest BCUT2D eigenvalue weighted by molar-refractivity contribution is -0.153. The normalized spacial score (nSPS) is 29.0. The quantitative estimate of drug-likeness (QED) is 0.655. The molecule has 5 rings (SSSR count). The number of amides is 2. The Labute approximate surface area is 182 Å². The number of hydrogen-bond acceptors (Lipinski definition) is 5. The molecule has 4 saturated carbocycles. The van der Waals surface area contributed by atoms with Gasteiger partial charge in [-0.15, -0.1) is 0 Å². The maximum absolute atomic E-state index is 12.9. The molecule has 1 atom stereocenters. The minimum absolute atomic E-state index is 0.0184. The number of ether oxygens (including phenoxy) is 1. The third kappa shape index (κ3) is 4.58. The Balaban J connectivity index is 1.22. The van der Waals surface area contributed by atoms with Crippen LogP contribution in [0.5, 0.6) is 0 Å². The van der Waals surface area contributed by atoms with Crippen molar-refractivity contribution < 1.29 is 19.1 Å². The molecule has 4 aliphatic rings. The summed E-state index contributed by atoms with van der Waals surface area (Å²) in [7, 11) is 0. The van der Waals surface area contributed by atoms with Crippen molar-refractivity contribution in [3.63, 3.8) is 0 Å². The number of carbonyl (C=O) groups is 3. The Morgan fingerprint density at radius 3 is 2.35 bits per heavy atom. The van der Waals surface area contributed by atoms with Gasteiger partial charge in [0.05, 0.1) is 17.7 Å². The molecule has 7 nitrogen and oxygen atoms in total. The lowest BCUT2D eigenvalue weighted by atomic mass is 9.49. The van der Waals surface area contributed by atoms with Crippen LogP contribution in [0.4, 0.5) is 5.69 Å². The predicted octanol–water partition coefficient (Wildman–Crippen LogP) is 3.15. The second-order valence-electron chi connectivity index (χ2n) is 9.48. The van der Waals surface area contributed by atoms with Crippen LogP contribution >= 0.6 is 0 Å². The molecule has 4 fully saturated rings. The second kappa shape index (κ2) is 8.70. The van der Waals surface area contributed by atoms with E-state index >= 15 is 0 Å². The summed E-state index contributed by atoms with van der Waals surface area (Å²) in [5.41, 5.74) is 0.475. The van der Waals surface area contributed by atoms with Crippen LogP contribution in [-0.2, 0) is 19.1 Å². The summed E-state index contributed by atoms with van der Waals surface area (Å²) in [5, 5.41) is 14.7. The standard InChI is InChI=1S/C24H29N3O4/c1-15(22(29)27-20-5-3-2-4-19(20)14-25)31-21(28)6-7-26-23(30)24-11-16-8-17(12-24)10-18(9-16)13-24/h2-5,15-18H,6-13H2,1H3,(H,26,30)(H,27,29). The predicted molar refractivity (Wildman–Crippen MR) is 114 cm³/mol. The van der Waals surface area contributed by atoms with E-state index in [4.69, 9.17) is 10.00 Å². The van der Waals surface area contributed by atoms with Crippen molar-refractivity contribution >= 4 is 23.5 Å². The first-order valence-electron chi connectivity index (χ1n) is 11.2. The molecule has 0 spiro atoms. The monoisotopic (exact) mass is 423 g/mol. The van der Waals surface area contributed by atoms with Crippen LogP contribution in [0.3, 0.4) is 0 Å². The summed E-state index contributed by atoms with van der Waals surface area (Å²) >= 11 is 0. The van der Waals surface area contributed by atoms with Gasteiger partial charge >= 0.3 is 5.97 Å². The van der Waals surface area contributed by atoms with Gasteiger partial charge < -0.3 is 15.4 Å². The van der Waals surface area contributed by atoms with Gasteiger partial charge in [0.25, 0.3) is 5.91 Å². The Hall–Kier alpha value is -2.88. The topological polar surface area (TPSA) is 108 Å². The molecule has 164 valence electrons. The molecule has 0 saturated heterocycles. The molecule has 1 aromatic carbocycles. The molecule has 0 aromatic heterocycles. The minimum Gasteiger partial charge on any atom is -0.452 e. The van der Waals surface area contributed by atoms with Gasteiger partial charge in [-0.2, -0.15) is 5.26 Å². The molecule has 1 aromatic rings. The SMILES string of the molecule is CC(OC(=O)CCNC(=O)C12CC3CC(CC(C3)C1)C2)C(=O)Nc1ccccc1C#N. The first-order valence-corrected chi connectivity index (χ1v) is 11.2. The highest BCUT2D eigenvalue weighted by atomic mass is 16.5. The lowest BCUT2D eigenvalue weighted by Crippen LogP contribution is -2.53. The fraction of sp³-hybridized carbons (Fsp3) is 0.583. The van der Waals surface area contributed by atoms with Gasteiger partial charge in [0.2, 0.25) is 5.91 Å². The van der Waals surface area contributed by atoms with Crippen LogP contribution in [0, 0.1) is 34.5 Å². The summed E-state index contributed by atoms with van der Waals surface area (Å²) < 4.78 is 5.20. The highest BCUT2D eigenvalue weighted by Gasteiger charge is 2.54. The van der Waals surface area contributed by atoms with Crippen LogP contribution in [0.2, 0.25) is 0 Å². The average molecular weight is 424 g/mol. The second-order valence-corrected chi connectivity index (χ2v) is 9.48. The largest absolute Gasteiger partial charge is 0.452 e. The number of rotatable bonds is 7. The molecule has 31 heavy (non-hydrogen) atoms. The van der Waals surface area contributed by atoms with Crippen LogP contribution in [0.25, 0.3) is 0 Å². The maximum Gasteiger partial charge on any atom is 0.308 e. The summed E-state index contributed by atoms with van der Waals surface area (Å²) in [6.07, 6.45) is 5.79. The number of esters is 1. The third-order valence-corrected chi connectivity index (χ3v) is 7.12. The number of nitrogens with one attached hydrogen (secondary N) is 2. The summed E-state index contributed by atoms with van der Waals surface area (Å²) in [5.74, 6) is 1.10. The Morgan fingerprint density at radius 2 is 1.74 bits per heavy atom. The Kier molecular flexibility index (Phi) is 5.99. The molecule has 0 aliphatic heterocycles. The number of nitriles is 1. The van der Waals surface area contributed by atoms with E-state index in [-0.39, 0.29) is 24.3 Å². The van der Waals surface area contributed by atoms with Crippen molar-refractivity contribution in [1.29, 1.82) is 5.26 Å². The van der Waals surface area contributed by atoms with Crippen LogP contribution in [-0.4, -0.2) is 30.4 Å². The number of anilines is 1. The fourth-order valence-corrected chi connectivity index (χ4v) is 6.09. The van der Waals surface area contributed by atoms with Gasteiger partial charge in [-0.05, 0) is 75.3 Å². The molecular formula is C24H29N3O4. The van der Waals surface area contributed by atoms with Crippen LogP contribution < -0.4 is 10.6 Å². The number of carbonyl (C=O) groups excluding carboxylic acids is 3. The van der Waals surface area contributed by atoms with Gasteiger partial charge in [-0.3, -0.25) is 14.4 Å². The van der Waals surface area contributed by atoms with Gasteiger partial charge in [-0.1, -0.05) is 12.1 Å². The first-order chi connectivity index (χ1) is 14.9. The van der Waals surface area contributed by atoms with Crippen molar-refractivity contribution in [3.8, 4) is 6.07 Å². The Morgan fingerprint density at radius 1 is 1.13 bits per heavy atom. The summed E-state index contributed by atoms with van der Waals surface area (Å²) in [6.45, 7) is 1.70. The van der Waals surface area contributed by atoms with Gasteiger partial charge in [0.15, 0.2) is 6.10 Å². The zero-order valence-electron chi connectivity index (χ0n) is 17.9. The first kappa shape index (κ1) is 21.4. The maximum atomic E-state index is 12.9. The van der Waals surface area contributed by atoms with Gasteiger partial charge in [0.1, 0.15) is 6.07 Å². The molecule has 0 heterocycles. The van der Waals surface area contributed by atoms with E-state index < -0.39 is 18.0 Å². The average Bonchev–Trinajstić information content (AvgIpc) is 2.73. The highest BCUT2D eigenvalue weighted by molar-refractivity contribution is 5.96. The number of benzene rings is 1. The van der Waals surface area contributed by atoms with E-state index in [9.17, 15) is 14.4 Å². The molecular weight excluding hydrogens is 394 g/mol. The zero-order valence-corrected chi connectivity index (χ0v) is 17.9. The van der Waals surface area contributed by atoms with Crippen LogP contribution in [0.15, 0.2) is 24.3 Å². The Bertz CT molecular complexity index is 884. The fourth-order valence-electron chi connectivity index (χ4n) is 6.09. The number of nitrogens with zero attached hydrogens (tertiary/aromatic N) is 1. The molecule has 7 heteroatoms. The smallest absolute Gasteiger partial charge is 0.308 e. The van der Waals surface area contributed by atoms with Crippen molar-refractivity contribution in [2.45, 2.75) is 58.0 Å². The zero-order chi connectivity index (χ0) is 22.0. The van der Waals surface area contributed by atoms with Gasteiger partial charge in [-0.25, -0.2) is 0 Å². The van der Waals surface area contributed by atoms with Crippen LogP contribution in [0.1, 0.15) is 57.4 Å². The number of para-hydroxylation sites is 1. The van der Waals surface area contributed by atoms with E-state index in [1.54, 1.807) is 24.3 Å². The summed E-state index contributed by atoms with van der Waals surface area (Å²) in [4.78, 5) is 37.4. The van der Waals surface area contributed by atoms with Gasteiger partial charge in [0, 0.05) is 12.0 Å².